The van der Waals surface area contributed by atoms with Crippen LogP contribution in [0.5, 0.6) is 5.75 Å². The maximum absolute atomic E-state index is 12.8. The number of nitrogens with one attached hydrogen (secondary N) is 1. The number of amides is 1. The van der Waals surface area contributed by atoms with Crippen molar-refractivity contribution >= 4 is 21.8 Å². The molecule has 4 nitrogen and oxygen atoms in total. The Labute approximate surface area is 162 Å². The third-order valence-corrected chi connectivity index (χ3v) is 5.88. The number of fused-ring (bicyclic) bond motifs is 1. The van der Waals surface area contributed by atoms with Crippen molar-refractivity contribution in [2.24, 2.45) is 0 Å². The number of piperidine rings is 1. The van der Waals surface area contributed by atoms with Crippen LogP contribution in [0.2, 0.25) is 0 Å². The molecule has 2 heterocycles. The number of alkyl halides is 1. The van der Waals surface area contributed by atoms with Gasteiger partial charge in [-0.25, -0.2) is 0 Å². The largest absolute Gasteiger partial charge is 0.489 e. The van der Waals surface area contributed by atoms with Crippen molar-refractivity contribution in [2.75, 3.05) is 13.1 Å². The molecule has 0 aliphatic carbocycles. The molecule has 1 atom stereocenters. The molecule has 1 saturated heterocycles. The van der Waals surface area contributed by atoms with Crippen LogP contribution in [0.1, 0.15) is 39.9 Å². The van der Waals surface area contributed by atoms with Crippen molar-refractivity contribution in [3.63, 3.8) is 0 Å². The number of ether oxygens (including phenoxy) is 1. The molecule has 136 valence electrons. The SMILES string of the molecule is O=C1c2cccc(OCc3ccc(CBr)cc3)c2CN1C1CCCNC1. The number of benzene rings is 2. The summed E-state index contributed by atoms with van der Waals surface area (Å²) >= 11 is 3.46. The summed E-state index contributed by atoms with van der Waals surface area (Å²) in [7, 11) is 0. The standard InChI is InChI=1S/C21H23BrN2O2/c22-11-15-6-8-16(9-7-15)14-26-20-5-1-4-18-19(20)13-24(21(18)25)17-3-2-10-23-12-17/h1,4-9,17,23H,2-3,10-14H2. The molecule has 4 rings (SSSR count). The van der Waals surface area contributed by atoms with E-state index >= 15 is 0 Å². The van der Waals surface area contributed by atoms with Crippen LogP contribution in [0, 0.1) is 0 Å². The topological polar surface area (TPSA) is 41.6 Å². The maximum atomic E-state index is 12.8. The number of hydrogen-bond donors (Lipinski definition) is 1. The Morgan fingerprint density at radius 1 is 1.15 bits per heavy atom. The second-order valence-electron chi connectivity index (χ2n) is 6.95. The molecule has 0 bridgehead atoms. The highest BCUT2D eigenvalue weighted by Gasteiger charge is 2.34. The second kappa shape index (κ2) is 7.80. The lowest BCUT2D eigenvalue weighted by Crippen LogP contribution is -2.46. The Kier molecular flexibility index (Phi) is 5.27. The van der Waals surface area contributed by atoms with Crippen LogP contribution in [-0.4, -0.2) is 29.9 Å². The number of carbonyl (C=O) groups is 1. The Balaban J connectivity index is 1.48. The highest BCUT2D eigenvalue weighted by atomic mass is 79.9. The van der Waals surface area contributed by atoms with Gasteiger partial charge in [0.25, 0.3) is 5.91 Å². The van der Waals surface area contributed by atoms with E-state index in [4.69, 9.17) is 4.74 Å². The summed E-state index contributed by atoms with van der Waals surface area (Å²) in [5, 5.41) is 4.26. The van der Waals surface area contributed by atoms with Crippen molar-refractivity contribution in [3.8, 4) is 5.75 Å². The van der Waals surface area contributed by atoms with Gasteiger partial charge in [-0.15, -0.1) is 0 Å². The van der Waals surface area contributed by atoms with Crippen molar-refractivity contribution in [2.45, 2.75) is 37.4 Å². The van der Waals surface area contributed by atoms with Gasteiger partial charge in [0.1, 0.15) is 12.4 Å². The molecule has 0 aromatic heterocycles. The lowest BCUT2D eigenvalue weighted by atomic mass is 10.1. The summed E-state index contributed by atoms with van der Waals surface area (Å²) in [5.41, 5.74) is 4.20. The molecular formula is C21H23BrN2O2. The highest BCUT2D eigenvalue weighted by Crippen LogP contribution is 2.33. The van der Waals surface area contributed by atoms with Gasteiger partial charge in [-0.2, -0.15) is 0 Å². The number of halogens is 1. The Morgan fingerprint density at radius 2 is 1.96 bits per heavy atom. The quantitative estimate of drug-likeness (QED) is 0.754. The molecule has 1 fully saturated rings. The van der Waals surface area contributed by atoms with E-state index < -0.39 is 0 Å². The van der Waals surface area contributed by atoms with E-state index in [-0.39, 0.29) is 11.9 Å². The van der Waals surface area contributed by atoms with Gasteiger partial charge < -0.3 is 15.0 Å². The fraction of sp³-hybridized carbons (Fsp3) is 0.381. The van der Waals surface area contributed by atoms with Crippen molar-refractivity contribution in [1.82, 2.24) is 10.2 Å². The molecule has 0 radical (unpaired) electrons. The van der Waals surface area contributed by atoms with Crippen molar-refractivity contribution in [3.05, 3.63) is 64.7 Å². The van der Waals surface area contributed by atoms with Crippen LogP contribution in [0.15, 0.2) is 42.5 Å². The summed E-state index contributed by atoms with van der Waals surface area (Å²) in [5.74, 6) is 0.965. The van der Waals surface area contributed by atoms with E-state index in [2.05, 4.69) is 45.5 Å². The summed E-state index contributed by atoms with van der Waals surface area (Å²) in [4.78, 5) is 14.8. The van der Waals surface area contributed by atoms with Crippen LogP contribution < -0.4 is 10.1 Å². The maximum Gasteiger partial charge on any atom is 0.254 e. The third kappa shape index (κ3) is 3.51. The predicted octanol–water partition coefficient (Wildman–Crippen LogP) is 3.87. The number of carbonyl (C=O) groups excluding carboxylic acids is 1. The first-order chi connectivity index (χ1) is 12.8. The van der Waals surface area contributed by atoms with Crippen LogP contribution in [0.3, 0.4) is 0 Å². The lowest BCUT2D eigenvalue weighted by Gasteiger charge is -2.31. The normalized spacial score (nSPS) is 19.5. The first-order valence-corrected chi connectivity index (χ1v) is 10.3. The average Bonchev–Trinajstić information content (AvgIpc) is 3.05. The minimum absolute atomic E-state index is 0.140. The molecule has 2 aromatic rings. The monoisotopic (exact) mass is 414 g/mol. The Bertz CT molecular complexity index is 785. The smallest absolute Gasteiger partial charge is 0.254 e. The van der Waals surface area contributed by atoms with Crippen LogP contribution in [0.4, 0.5) is 0 Å². The zero-order valence-electron chi connectivity index (χ0n) is 14.7. The highest BCUT2D eigenvalue weighted by molar-refractivity contribution is 9.08. The Morgan fingerprint density at radius 3 is 2.69 bits per heavy atom. The first-order valence-electron chi connectivity index (χ1n) is 9.16. The van der Waals surface area contributed by atoms with E-state index in [0.717, 1.165) is 53.7 Å². The van der Waals surface area contributed by atoms with Gasteiger partial charge in [0.05, 0.1) is 6.54 Å². The zero-order valence-corrected chi connectivity index (χ0v) is 16.3. The fourth-order valence-corrected chi connectivity index (χ4v) is 4.12. The molecule has 2 aliphatic rings. The van der Waals surface area contributed by atoms with E-state index in [0.29, 0.717) is 13.2 Å². The van der Waals surface area contributed by atoms with Gasteiger partial charge in [-0.3, -0.25) is 4.79 Å². The summed E-state index contributed by atoms with van der Waals surface area (Å²) < 4.78 is 6.09. The summed E-state index contributed by atoms with van der Waals surface area (Å²) in [6, 6.07) is 14.5. The predicted molar refractivity (Wildman–Crippen MR) is 106 cm³/mol. The van der Waals surface area contributed by atoms with Crippen LogP contribution in [-0.2, 0) is 18.5 Å². The van der Waals surface area contributed by atoms with E-state index in [1.165, 1.54) is 5.56 Å². The van der Waals surface area contributed by atoms with Crippen LogP contribution in [0.25, 0.3) is 0 Å². The van der Waals surface area contributed by atoms with Gasteiger partial charge in [0.2, 0.25) is 0 Å². The van der Waals surface area contributed by atoms with E-state index in [1.807, 2.05) is 23.1 Å². The molecule has 2 aliphatic heterocycles. The molecule has 0 saturated carbocycles. The molecule has 26 heavy (non-hydrogen) atoms. The van der Waals surface area contributed by atoms with E-state index in [9.17, 15) is 4.79 Å². The minimum atomic E-state index is 0.140. The zero-order chi connectivity index (χ0) is 17.9. The second-order valence-corrected chi connectivity index (χ2v) is 7.52. The number of rotatable bonds is 5. The lowest BCUT2D eigenvalue weighted by molar-refractivity contribution is 0.0674. The minimum Gasteiger partial charge on any atom is -0.489 e. The molecule has 1 N–H and O–H groups in total. The van der Waals surface area contributed by atoms with Crippen LogP contribution >= 0.6 is 15.9 Å². The molecule has 2 aromatic carbocycles. The molecule has 5 heteroatoms. The fourth-order valence-electron chi connectivity index (χ4n) is 3.74. The van der Waals surface area contributed by atoms with Gasteiger partial charge in [0.15, 0.2) is 0 Å². The number of nitrogens with zero attached hydrogens (tertiary/aromatic N) is 1. The van der Waals surface area contributed by atoms with Gasteiger partial charge in [-0.05, 0) is 42.6 Å². The van der Waals surface area contributed by atoms with Crippen molar-refractivity contribution in [1.29, 1.82) is 0 Å². The third-order valence-electron chi connectivity index (χ3n) is 5.24. The van der Waals surface area contributed by atoms with Gasteiger partial charge >= 0.3 is 0 Å². The van der Waals surface area contributed by atoms with Gasteiger partial charge in [0, 0.05) is 29.0 Å². The Hall–Kier alpha value is -1.85. The summed E-state index contributed by atoms with van der Waals surface area (Å²) in [6.45, 7) is 3.10. The molecular weight excluding hydrogens is 392 g/mol. The molecule has 0 spiro atoms. The number of hydrogen-bond acceptors (Lipinski definition) is 3. The first kappa shape index (κ1) is 17.6. The molecule has 1 unspecified atom stereocenters. The van der Waals surface area contributed by atoms with Crippen molar-refractivity contribution < 1.29 is 9.53 Å². The van der Waals surface area contributed by atoms with Gasteiger partial charge in [-0.1, -0.05) is 46.3 Å². The van der Waals surface area contributed by atoms with E-state index in [1.54, 1.807) is 0 Å². The summed E-state index contributed by atoms with van der Waals surface area (Å²) in [6.07, 6.45) is 2.20. The molecule has 1 amide bonds. The average molecular weight is 415 g/mol.